The molecule has 0 saturated carbocycles. The largest absolute Gasteiger partial charge is 0.497 e. The van der Waals surface area contributed by atoms with Gasteiger partial charge in [-0.05, 0) is 79.7 Å². The van der Waals surface area contributed by atoms with Crippen molar-refractivity contribution in [2.24, 2.45) is 0 Å². The maximum Gasteiger partial charge on any atom is 0.119 e. The van der Waals surface area contributed by atoms with Crippen molar-refractivity contribution >= 4 is 10.9 Å². The van der Waals surface area contributed by atoms with E-state index in [-0.39, 0.29) is 0 Å². The number of aryl methyl sites for hydroxylation is 1. The molecule has 5 nitrogen and oxygen atoms in total. The number of hydrogen-bond acceptors (Lipinski definition) is 4. The summed E-state index contributed by atoms with van der Waals surface area (Å²) in [5, 5.41) is 11.7. The van der Waals surface area contributed by atoms with Gasteiger partial charge in [0.1, 0.15) is 24.2 Å². The van der Waals surface area contributed by atoms with Crippen LogP contribution in [-0.4, -0.2) is 54.4 Å². The van der Waals surface area contributed by atoms with E-state index in [4.69, 9.17) is 9.47 Å². The van der Waals surface area contributed by atoms with Crippen molar-refractivity contribution in [2.45, 2.75) is 38.2 Å². The maximum atomic E-state index is 10.4. The number of β-amino-alcohol motifs (C(OH)–C–C–N with tert-alkyl or cyclic N) is 1. The summed E-state index contributed by atoms with van der Waals surface area (Å²) in [6.07, 6.45) is 4.87. The van der Waals surface area contributed by atoms with Crippen LogP contribution >= 0.6 is 0 Å². The lowest BCUT2D eigenvalue weighted by atomic mass is 9.89. The van der Waals surface area contributed by atoms with E-state index in [1.165, 1.54) is 16.5 Å². The van der Waals surface area contributed by atoms with Crippen molar-refractivity contribution in [3.8, 4) is 11.5 Å². The standard InChI is InChI=1S/C25H32N2O3/c1-3-18-4-6-21(7-5-18)30-17-20(28)16-27-12-10-19(11-13-27)24-15-26-25-9-8-22(29-2)14-23(24)25/h4-9,14-15,19-20,26,28H,3,10-13,16-17H2,1-2H3. The van der Waals surface area contributed by atoms with Crippen LogP contribution in [0.5, 0.6) is 11.5 Å². The number of rotatable bonds is 8. The molecule has 1 aliphatic rings. The molecule has 0 amide bonds. The minimum absolute atomic E-state index is 0.327. The zero-order chi connectivity index (χ0) is 20.9. The topological polar surface area (TPSA) is 57.7 Å². The first-order chi connectivity index (χ1) is 14.7. The number of benzene rings is 2. The van der Waals surface area contributed by atoms with Crippen LogP contribution in [0.1, 0.15) is 36.8 Å². The Morgan fingerprint density at radius 2 is 1.83 bits per heavy atom. The molecule has 5 heteroatoms. The normalized spacial score (nSPS) is 16.6. The molecule has 1 aromatic heterocycles. The van der Waals surface area contributed by atoms with Gasteiger partial charge < -0.3 is 24.5 Å². The maximum absolute atomic E-state index is 10.4. The van der Waals surface area contributed by atoms with Crippen LogP contribution in [0, 0.1) is 0 Å². The zero-order valence-electron chi connectivity index (χ0n) is 17.9. The minimum Gasteiger partial charge on any atom is -0.497 e. The third-order valence-corrected chi connectivity index (χ3v) is 6.19. The first-order valence-electron chi connectivity index (χ1n) is 10.9. The Morgan fingerprint density at radius 3 is 2.53 bits per heavy atom. The smallest absolute Gasteiger partial charge is 0.119 e. The summed E-state index contributed by atoms with van der Waals surface area (Å²) in [5.74, 6) is 2.25. The fourth-order valence-electron chi connectivity index (χ4n) is 4.38. The summed E-state index contributed by atoms with van der Waals surface area (Å²) in [7, 11) is 1.71. The number of aromatic amines is 1. The van der Waals surface area contributed by atoms with E-state index in [0.717, 1.165) is 49.4 Å². The van der Waals surface area contributed by atoms with Crippen LogP contribution in [-0.2, 0) is 6.42 Å². The minimum atomic E-state index is -0.482. The third kappa shape index (κ3) is 4.79. The molecule has 1 atom stereocenters. The second kappa shape index (κ2) is 9.54. The summed E-state index contributed by atoms with van der Waals surface area (Å²) in [5.41, 5.74) is 3.83. The number of aliphatic hydroxyl groups is 1. The first-order valence-corrected chi connectivity index (χ1v) is 10.9. The molecule has 0 bridgehead atoms. The fourth-order valence-corrected chi connectivity index (χ4v) is 4.38. The van der Waals surface area contributed by atoms with Gasteiger partial charge in [0, 0.05) is 23.6 Å². The highest BCUT2D eigenvalue weighted by Gasteiger charge is 2.24. The van der Waals surface area contributed by atoms with E-state index in [1.807, 2.05) is 18.2 Å². The molecule has 4 rings (SSSR count). The summed E-state index contributed by atoms with van der Waals surface area (Å²) in [4.78, 5) is 5.74. The lowest BCUT2D eigenvalue weighted by molar-refractivity contribution is 0.0595. The molecule has 0 aliphatic carbocycles. The molecule has 2 heterocycles. The molecular weight excluding hydrogens is 376 g/mol. The van der Waals surface area contributed by atoms with Crippen molar-refractivity contribution in [3.05, 3.63) is 59.8 Å². The number of aliphatic hydroxyl groups excluding tert-OH is 1. The highest BCUT2D eigenvalue weighted by atomic mass is 16.5. The van der Waals surface area contributed by atoms with Gasteiger partial charge in [-0.2, -0.15) is 0 Å². The zero-order valence-corrected chi connectivity index (χ0v) is 17.9. The highest BCUT2D eigenvalue weighted by molar-refractivity contribution is 5.85. The third-order valence-electron chi connectivity index (χ3n) is 6.19. The first kappa shape index (κ1) is 20.8. The van der Waals surface area contributed by atoms with Crippen LogP contribution < -0.4 is 9.47 Å². The molecular formula is C25H32N2O3. The quantitative estimate of drug-likeness (QED) is 0.582. The van der Waals surface area contributed by atoms with E-state index in [9.17, 15) is 5.11 Å². The Morgan fingerprint density at radius 1 is 1.10 bits per heavy atom. The number of nitrogens with one attached hydrogen (secondary N) is 1. The molecule has 2 aromatic carbocycles. The predicted molar refractivity (Wildman–Crippen MR) is 121 cm³/mol. The van der Waals surface area contributed by atoms with Crippen LogP contribution in [0.15, 0.2) is 48.7 Å². The Labute approximate surface area is 178 Å². The van der Waals surface area contributed by atoms with Crippen LogP contribution in [0.3, 0.4) is 0 Å². The van der Waals surface area contributed by atoms with Crippen molar-refractivity contribution in [2.75, 3.05) is 33.4 Å². The van der Waals surface area contributed by atoms with Gasteiger partial charge in [-0.25, -0.2) is 0 Å². The van der Waals surface area contributed by atoms with E-state index in [1.54, 1.807) is 7.11 Å². The van der Waals surface area contributed by atoms with Crippen molar-refractivity contribution in [1.29, 1.82) is 0 Å². The summed E-state index contributed by atoms with van der Waals surface area (Å²) in [6, 6.07) is 14.3. The van der Waals surface area contributed by atoms with E-state index in [2.05, 4.69) is 47.3 Å². The van der Waals surface area contributed by atoms with Gasteiger partial charge >= 0.3 is 0 Å². The molecule has 0 radical (unpaired) electrons. The predicted octanol–water partition coefficient (Wildman–Crippen LogP) is 4.36. The number of nitrogens with zero attached hydrogens (tertiary/aromatic N) is 1. The van der Waals surface area contributed by atoms with Crippen LogP contribution in [0.2, 0.25) is 0 Å². The fraction of sp³-hybridized carbons (Fsp3) is 0.440. The molecule has 1 saturated heterocycles. The van der Waals surface area contributed by atoms with E-state index >= 15 is 0 Å². The van der Waals surface area contributed by atoms with Gasteiger partial charge in [-0.3, -0.25) is 0 Å². The van der Waals surface area contributed by atoms with Crippen molar-refractivity contribution in [1.82, 2.24) is 9.88 Å². The summed E-state index contributed by atoms with van der Waals surface area (Å²) in [6.45, 7) is 5.10. The lowest BCUT2D eigenvalue weighted by Crippen LogP contribution is -2.40. The molecule has 30 heavy (non-hydrogen) atoms. The van der Waals surface area contributed by atoms with Gasteiger partial charge in [0.25, 0.3) is 0 Å². The second-order valence-corrected chi connectivity index (χ2v) is 8.19. The highest BCUT2D eigenvalue weighted by Crippen LogP contribution is 2.34. The van der Waals surface area contributed by atoms with Gasteiger partial charge in [0.2, 0.25) is 0 Å². The Balaban J connectivity index is 1.27. The molecule has 2 N–H and O–H groups in total. The Kier molecular flexibility index (Phi) is 6.60. The number of H-pyrrole nitrogens is 1. The van der Waals surface area contributed by atoms with Gasteiger partial charge in [-0.15, -0.1) is 0 Å². The molecule has 0 spiro atoms. The van der Waals surface area contributed by atoms with Gasteiger partial charge in [0.15, 0.2) is 0 Å². The molecule has 1 fully saturated rings. The van der Waals surface area contributed by atoms with Crippen LogP contribution in [0.25, 0.3) is 10.9 Å². The SMILES string of the molecule is CCc1ccc(OCC(O)CN2CCC(c3c[nH]c4ccc(OC)cc34)CC2)cc1. The number of aromatic nitrogens is 1. The summed E-state index contributed by atoms with van der Waals surface area (Å²) >= 11 is 0. The molecule has 1 unspecified atom stereocenters. The van der Waals surface area contributed by atoms with E-state index < -0.39 is 6.10 Å². The average Bonchev–Trinajstić information content (AvgIpc) is 3.21. The van der Waals surface area contributed by atoms with Gasteiger partial charge in [-0.1, -0.05) is 19.1 Å². The van der Waals surface area contributed by atoms with Crippen molar-refractivity contribution in [3.63, 3.8) is 0 Å². The number of fused-ring (bicyclic) bond motifs is 1. The number of piperidine rings is 1. The monoisotopic (exact) mass is 408 g/mol. The number of ether oxygens (including phenoxy) is 2. The average molecular weight is 409 g/mol. The number of methoxy groups -OCH3 is 1. The number of hydrogen-bond donors (Lipinski definition) is 2. The molecule has 1 aliphatic heterocycles. The van der Waals surface area contributed by atoms with Gasteiger partial charge in [0.05, 0.1) is 7.11 Å². The molecule has 3 aromatic rings. The lowest BCUT2D eigenvalue weighted by Gasteiger charge is -2.33. The van der Waals surface area contributed by atoms with Crippen LogP contribution in [0.4, 0.5) is 0 Å². The number of likely N-dealkylation sites (tertiary alicyclic amines) is 1. The van der Waals surface area contributed by atoms with Crippen molar-refractivity contribution < 1.29 is 14.6 Å². The second-order valence-electron chi connectivity index (χ2n) is 8.19. The Bertz CT molecular complexity index is 943. The Hall–Kier alpha value is -2.50. The van der Waals surface area contributed by atoms with E-state index in [0.29, 0.717) is 19.1 Å². The summed E-state index contributed by atoms with van der Waals surface area (Å²) < 4.78 is 11.2. The molecule has 160 valence electrons.